The van der Waals surface area contributed by atoms with Gasteiger partial charge in [0.15, 0.2) is 5.82 Å². The number of hydrogen-bond donors (Lipinski definition) is 3. The first kappa shape index (κ1) is 22.8. The SMILES string of the molecule is NC(=O)c1cccnc1-c1ccc(/C(N)=N/c2ncccc2-c2cccc(S(N)(=O)=O)c2)cc1. The van der Waals surface area contributed by atoms with Crippen LogP contribution in [0.5, 0.6) is 0 Å². The topological polar surface area (TPSA) is 167 Å². The summed E-state index contributed by atoms with van der Waals surface area (Å²) in [6, 6.07) is 20.0. The summed E-state index contributed by atoms with van der Waals surface area (Å²) >= 11 is 0. The molecule has 0 fully saturated rings. The molecule has 34 heavy (non-hydrogen) atoms. The summed E-state index contributed by atoms with van der Waals surface area (Å²) in [5, 5.41) is 5.26. The predicted molar refractivity (Wildman–Crippen MR) is 130 cm³/mol. The van der Waals surface area contributed by atoms with Crippen LogP contribution in [0.3, 0.4) is 0 Å². The second-order valence-corrected chi connectivity index (χ2v) is 8.85. The number of carbonyl (C=O) groups is 1. The minimum Gasteiger partial charge on any atom is -0.383 e. The van der Waals surface area contributed by atoms with Gasteiger partial charge in [-0.2, -0.15) is 0 Å². The van der Waals surface area contributed by atoms with Gasteiger partial charge in [0.2, 0.25) is 10.0 Å². The van der Waals surface area contributed by atoms with E-state index in [1.807, 2.05) is 0 Å². The van der Waals surface area contributed by atoms with Gasteiger partial charge in [0.25, 0.3) is 5.91 Å². The molecule has 2 aromatic carbocycles. The van der Waals surface area contributed by atoms with Crippen LogP contribution in [0.4, 0.5) is 5.82 Å². The average Bonchev–Trinajstić information content (AvgIpc) is 2.84. The number of primary sulfonamides is 1. The molecule has 2 aromatic heterocycles. The molecule has 0 aliphatic rings. The Kier molecular flexibility index (Phi) is 6.17. The Balaban J connectivity index is 1.69. The van der Waals surface area contributed by atoms with Crippen molar-refractivity contribution in [3.63, 3.8) is 0 Å². The maximum atomic E-state index is 11.7. The molecule has 0 spiro atoms. The Morgan fingerprint density at radius 3 is 2.24 bits per heavy atom. The van der Waals surface area contributed by atoms with E-state index in [0.29, 0.717) is 39.3 Å². The molecule has 4 rings (SSSR count). The van der Waals surface area contributed by atoms with Crippen LogP contribution in [0.25, 0.3) is 22.4 Å². The highest BCUT2D eigenvalue weighted by molar-refractivity contribution is 7.89. The summed E-state index contributed by atoms with van der Waals surface area (Å²) in [7, 11) is -3.86. The van der Waals surface area contributed by atoms with E-state index in [1.165, 1.54) is 12.1 Å². The van der Waals surface area contributed by atoms with Gasteiger partial charge in [-0.05, 0) is 42.0 Å². The number of amides is 1. The molecule has 9 nitrogen and oxygen atoms in total. The van der Waals surface area contributed by atoms with Crippen molar-refractivity contribution in [3.8, 4) is 22.4 Å². The van der Waals surface area contributed by atoms with Crippen LogP contribution < -0.4 is 16.6 Å². The average molecular weight is 473 g/mol. The van der Waals surface area contributed by atoms with Crippen molar-refractivity contribution >= 4 is 27.6 Å². The van der Waals surface area contributed by atoms with E-state index in [-0.39, 0.29) is 10.7 Å². The molecule has 0 aliphatic carbocycles. The van der Waals surface area contributed by atoms with Crippen molar-refractivity contribution in [2.24, 2.45) is 21.6 Å². The summed E-state index contributed by atoms with van der Waals surface area (Å²) in [4.78, 5) is 24.7. The molecular formula is C24H20N6O3S. The van der Waals surface area contributed by atoms with Gasteiger partial charge in [-0.1, -0.05) is 36.4 Å². The molecule has 0 radical (unpaired) electrons. The molecule has 0 saturated heterocycles. The highest BCUT2D eigenvalue weighted by atomic mass is 32.2. The molecule has 0 atom stereocenters. The first-order valence-corrected chi connectivity index (χ1v) is 11.6. The van der Waals surface area contributed by atoms with Crippen molar-refractivity contribution in [2.75, 3.05) is 0 Å². The number of pyridine rings is 2. The number of nitrogens with two attached hydrogens (primary N) is 3. The van der Waals surface area contributed by atoms with Crippen LogP contribution in [0, 0.1) is 0 Å². The number of rotatable bonds is 6. The zero-order valence-corrected chi connectivity index (χ0v) is 18.6. The normalized spacial score (nSPS) is 11.9. The van der Waals surface area contributed by atoms with E-state index in [2.05, 4.69) is 15.0 Å². The Hall–Kier alpha value is -4.41. The predicted octanol–water partition coefficient (Wildman–Crippen LogP) is 2.59. The fraction of sp³-hybridized carbons (Fsp3) is 0. The van der Waals surface area contributed by atoms with Gasteiger partial charge in [0.1, 0.15) is 5.84 Å². The molecule has 170 valence electrons. The number of primary amides is 1. The zero-order valence-electron chi connectivity index (χ0n) is 17.8. The Morgan fingerprint density at radius 1 is 0.824 bits per heavy atom. The minimum absolute atomic E-state index is 0.0165. The van der Waals surface area contributed by atoms with E-state index in [1.54, 1.807) is 73.1 Å². The fourth-order valence-corrected chi connectivity index (χ4v) is 3.92. The molecule has 1 amide bonds. The van der Waals surface area contributed by atoms with Crippen molar-refractivity contribution in [1.82, 2.24) is 9.97 Å². The van der Waals surface area contributed by atoms with Crippen molar-refractivity contribution < 1.29 is 13.2 Å². The van der Waals surface area contributed by atoms with Crippen LogP contribution in [0.15, 0.2) is 95.1 Å². The number of benzene rings is 2. The van der Waals surface area contributed by atoms with E-state index in [9.17, 15) is 13.2 Å². The molecule has 0 aliphatic heterocycles. The lowest BCUT2D eigenvalue weighted by atomic mass is 10.0. The maximum absolute atomic E-state index is 11.7. The third-order valence-corrected chi connectivity index (χ3v) is 5.92. The van der Waals surface area contributed by atoms with Gasteiger partial charge in [-0.3, -0.25) is 9.78 Å². The molecule has 10 heteroatoms. The Labute approximate surface area is 196 Å². The maximum Gasteiger partial charge on any atom is 0.250 e. The largest absolute Gasteiger partial charge is 0.383 e. The first-order chi connectivity index (χ1) is 16.2. The van der Waals surface area contributed by atoms with Crippen LogP contribution in [0.2, 0.25) is 0 Å². The van der Waals surface area contributed by atoms with Crippen LogP contribution in [-0.4, -0.2) is 30.1 Å². The van der Waals surface area contributed by atoms with Gasteiger partial charge in [0, 0.05) is 29.1 Å². The van der Waals surface area contributed by atoms with Crippen LogP contribution in [0.1, 0.15) is 15.9 Å². The van der Waals surface area contributed by atoms with Crippen LogP contribution >= 0.6 is 0 Å². The van der Waals surface area contributed by atoms with Crippen molar-refractivity contribution in [1.29, 1.82) is 0 Å². The van der Waals surface area contributed by atoms with Crippen LogP contribution in [-0.2, 0) is 10.0 Å². The molecule has 0 bridgehead atoms. The smallest absolute Gasteiger partial charge is 0.250 e. The second kappa shape index (κ2) is 9.22. The lowest BCUT2D eigenvalue weighted by Gasteiger charge is -2.09. The summed E-state index contributed by atoms with van der Waals surface area (Å²) in [5.41, 5.74) is 15.0. The summed E-state index contributed by atoms with van der Waals surface area (Å²) < 4.78 is 23.5. The number of carbonyl (C=O) groups excluding carboxylic acids is 1. The van der Waals surface area contributed by atoms with E-state index >= 15 is 0 Å². The van der Waals surface area contributed by atoms with Crippen molar-refractivity contribution in [2.45, 2.75) is 4.90 Å². The Morgan fingerprint density at radius 2 is 1.53 bits per heavy atom. The van der Waals surface area contributed by atoms with E-state index in [4.69, 9.17) is 16.6 Å². The van der Waals surface area contributed by atoms with E-state index < -0.39 is 15.9 Å². The summed E-state index contributed by atoms with van der Waals surface area (Å²) in [6.07, 6.45) is 3.15. The van der Waals surface area contributed by atoms with E-state index in [0.717, 1.165) is 0 Å². The molecule has 6 N–H and O–H groups in total. The molecule has 0 unspecified atom stereocenters. The fourth-order valence-electron chi connectivity index (χ4n) is 3.36. The minimum atomic E-state index is -3.86. The Bertz CT molecular complexity index is 1520. The summed E-state index contributed by atoms with van der Waals surface area (Å²) in [5.74, 6) is -0.0518. The quantitative estimate of drug-likeness (QED) is 0.288. The standard InChI is InChI=1S/C24H20N6O3S/c25-22(16-10-8-15(9-11-16)21-20(23(26)31)7-3-12-28-21)30-24-19(6-2-13-29-24)17-4-1-5-18(14-17)34(27,32)33/h1-14H,(H2,26,31)(H2,25,29,30)(H2,27,32,33). The number of aromatic nitrogens is 2. The lowest BCUT2D eigenvalue weighted by Crippen LogP contribution is -2.14. The number of sulfonamides is 1. The molecule has 2 heterocycles. The van der Waals surface area contributed by atoms with Gasteiger partial charge < -0.3 is 11.5 Å². The third-order valence-electron chi connectivity index (χ3n) is 5.01. The second-order valence-electron chi connectivity index (χ2n) is 7.29. The van der Waals surface area contributed by atoms with Gasteiger partial charge in [-0.25, -0.2) is 23.5 Å². The van der Waals surface area contributed by atoms with Gasteiger partial charge in [-0.15, -0.1) is 0 Å². The summed E-state index contributed by atoms with van der Waals surface area (Å²) in [6.45, 7) is 0. The molecular weight excluding hydrogens is 452 g/mol. The first-order valence-electron chi connectivity index (χ1n) is 10.0. The highest BCUT2D eigenvalue weighted by Gasteiger charge is 2.13. The monoisotopic (exact) mass is 472 g/mol. The number of aliphatic imine (C=N–C) groups is 1. The number of amidine groups is 1. The van der Waals surface area contributed by atoms with Gasteiger partial charge >= 0.3 is 0 Å². The zero-order chi connectivity index (χ0) is 24.3. The molecule has 0 saturated carbocycles. The highest BCUT2D eigenvalue weighted by Crippen LogP contribution is 2.30. The molecule has 4 aromatic rings. The third kappa shape index (κ3) is 4.82. The van der Waals surface area contributed by atoms with Crippen molar-refractivity contribution in [3.05, 3.63) is 96.3 Å². The lowest BCUT2D eigenvalue weighted by molar-refractivity contribution is 0.100. The van der Waals surface area contributed by atoms with Gasteiger partial charge in [0.05, 0.1) is 16.2 Å². The number of nitrogens with zero attached hydrogens (tertiary/aromatic N) is 3. The number of hydrogen-bond acceptors (Lipinski definition) is 6.